The number of benzene rings is 1. The normalized spacial score (nSPS) is 27.5. The fourth-order valence-corrected chi connectivity index (χ4v) is 6.88. The number of aliphatic hydroxyl groups is 2. The van der Waals surface area contributed by atoms with Crippen LogP contribution in [0, 0.1) is 22.9 Å². The van der Waals surface area contributed by atoms with E-state index in [4.69, 9.17) is 25.8 Å². The van der Waals surface area contributed by atoms with Crippen LogP contribution in [-0.2, 0) is 14.2 Å². The number of anilines is 1. The maximum absolute atomic E-state index is 13.8. The van der Waals surface area contributed by atoms with Crippen molar-refractivity contribution in [1.29, 1.82) is 0 Å². The van der Waals surface area contributed by atoms with Crippen molar-refractivity contribution >= 4 is 29.2 Å². The average Bonchev–Trinajstić information content (AvgIpc) is 3.36. The molecular formula is C25H25ClF3N5O5S. The van der Waals surface area contributed by atoms with Crippen molar-refractivity contribution in [2.24, 2.45) is 5.41 Å². The van der Waals surface area contributed by atoms with Gasteiger partial charge in [0.1, 0.15) is 41.3 Å². The maximum atomic E-state index is 13.8. The molecule has 1 aromatic carbocycles. The van der Waals surface area contributed by atoms with Crippen molar-refractivity contribution in [3.63, 3.8) is 0 Å². The highest BCUT2D eigenvalue weighted by atomic mass is 35.5. The molecule has 2 N–H and O–H groups in total. The molecule has 3 aliphatic heterocycles. The molecule has 214 valence electrons. The number of aromatic nitrogens is 4. The summed E-state index contributed by atoms with van der Waals surface area (Å²) in [5.74, 6) is -3.61. The number of rotatable bonds is 7. The smallest absolute Gasteiger partial charge is 0.194 e. The van der Waals surface area contributed by atoms with Gasteiger partial charge in [-0.25, -0.2) is 22.8 Å². The van der Waals surface area contributed by atoms with Crippen LogP contribution >= 0.6 is 23.4 Å². The van der Waals surface area contributed by atoms with E-state index in [1.54, 1.807) is 12.3 Å². The van der Waals surface area contributed by atoms with Gasteiger partial charge < -0.3 is 29.3 Å². The van der Waals surface area contributed by atoms with Gasteiger partial charge in [0.05, 0.1) is 41.4 Å². The van der Waals surface area contributed by atoms with Crippen molar-refractivity contribution < 1.29 is 37.6 Å². The van der Waals surface area contributed by atoms with Crippen molar-refractivity contribution in [3.05, 3.63) is 53.1 Å². The lowest BCUT2D eigenvalue weighted by molar-refractivity contribution is -0.186. The van der Waals surface area contributed by atoms with Crippen LogP contribution in [0.15, 0.2) is 35.5 Å². The lowest BCUT2D eigenvalue weighted by Gasteiger charge is -2.55. The topological polar surface area (TPSA) is 115 Å². The minimum absolute atomic E-state index is 0.0402. The lowest BCUT2D eigenvalue weighted by Crippen LogP contribution is -2.66. The quantitative estimate of drug-likeness (QED) is 0.393. The highest BCUT2D eigenvalue weighted by Crippen LogP contribution is 2.46. The number of methoxy groups -OCH3 is 1. The SMILES string of the molecule is COC1C(Sc2cc(Cl)cnc2N2CC3(COC3)C2)OC(CO)C(O)C1n1cc(-c2cc(F)c(F)c(F)c2)nn1. The molecule has 5 atom stereocenters. The van der Waals surface area contributed by atoms with E-state index >= 15 is 0 Å². The molecule has 0 radical (unpaired) electrons. The Bertz CT molecular complexity index is 1380. The summed E-state index contributed by atoms with van der Waals surface area (Å²) in [6.45, 7) is 2.51. The van der Waals surface area contributed by atoms with E-state index in [0.717, 1.165) is 35.9 Å². The molecule has 2 aromatic heterocycles. The first-order valence-electron chi connectivity index (χ1n) is 12.4. The summed E-state index contributed by atoms with van der Waals surface area (Å²) >= 11 is 7.57. The first-order chi connectivity index (χ1) is 19.2. The molecular weight excluding hydrogens is 575 g/mol. The summed E-state index contributed by atoms with van der Waals surface area (Å²) in [5.41, 5.74) is -0.603. The molecule has 6 rings (SSSR count). The van der Waals surface area contributed by atoms with Crippen molar-refractivity contribution in [2.45, 2.75) is 34.7 Å². The Balaban J connectivity index is 1.29. The first kappa shape index (κ1) is 27.7. The Morgan fingerprint density at radius 3 is 2.55 bits per heavy atom. The molecule has 3 aliphatic rings. The third-order valence-corrected chi connectivity index (χ3v) is 8.78. The van der Waals surface area contributed by atoms with Gasteiger partial charge in [-0.3, -0.25) is 0 Å². The zero-order valence-electron chi connectivity index (χ0n) is 21.1. The zero-order chi connectivity index (χ0) is 28.2. The number of hydrogen-bond acceptors (Lipinski definition) is 10. The second kappa shape index (κ2) is 10.7. The second-order valence-corrected chi connectivity index (χ2v) is 11.8. The van der Waals surface area contributed by atoms with Crippen LogP contribution < -0.4 is 4.90 Å². The summed E-state index contributed by atoms with van der Waals surface area (Å²) in [4.78, 5) is 7.40. The predicted octanol–water partition coefficient (Wildman–Crippen LogP) is 2.67. The van der Waals surface area contributed by atoms with Crippen LogP contribution in [0.25, 0.3) is 11.3 Å². The van der Waals surface area contributed by atoms with Crippen LogP contribution in [0.2, 0.25) is 5.02 Å². The Kier molecular flexibility index (Phi) is 7.44. The molecule has 0 saturated carbocycles. The number of ether oxygens (including phenoxy) is 3. The number of nitrogens with zero attached hydrogens (tertiary/aromatic N) is 5. The standard InChI is InChI=1S/C25H25ClF3N5O5S/c1-37-22-20(34-6-16(31-32-34)12-2-14(27)19(29)15(28)3-12)21(36)17(7-35)39-24(22)40-18-4-13(26)5-30-23(18)33-8-25(9-33)10-38-11-25/h2-6,17,20-22,24,35-36H,7-11H2,1H3. The van der Waals surface area contributed by atoms with E-state index in [2.05, 4.69) is 20.2 Å². The van der Waals surface area contributed by atoms with E-state index in [-0.39, 0.29) is 16.7 Å². The van der Waals surface area contributed by atoms with E-state index in [9.17, 15) is 23.4 Å². The number of aliphatic hydroxyl groups excluding tert-OH is 2. The monoisotopic (exact) mass is 599 g/mol. The van der Waals surface area contributed by atoms with Gasteiger partial charge in [-0.05, 0) is 18.2 Å². The third-order valence-electron chi connectivity index (χ3n) is 7.40. The van der Waals surface area contributed by atoms with Gasteiger partial charge in [-0.1, -0.05) is 28.6 Å². The highest BCUT2D eigenvalue weighted by Gasteiger charge is 2.51. The third kappa shape index (κ3) is 4.85. The summed E-state index contributed by atoms with van der Waals surface area (Å²) in [7, 11) is 1.44. The molecule has 0 amide bonds. The number of halogens is 4. The molecule has 10 nitrogen and oxygen atoms in total. The minimum atomic E-state index is -1.59. The van der Waals surface area contributed by atoms with Gasteiger partial charge in [0, 0.05) is 32.0 Å². The van der Waals surface area contributed by atoms with Crippen LogP contribution in [0.3, 0.4) is 0 Å². The molecule has 40 heavy (non-hydrogen) atoms. The molecule has 5 heterocycles. The molecule has 0 aliphatic carbocycles. The summed E-state index contributed by atoms with van der Waals surface area (Å²) in [5, 5.41) is 29.6. The van der Waals surface area contributed by atoms with E-state index in [0.29, 0.717) is 18.2 Å². The van der Waals surface area contributed by atoms with Gasteiger partial charge in [0.2, 0.25) is 0 Å². The van der Waals surface area contributed by atoms with Crippen LogP contribution in [0.1, 0.15) is 6.04 Å². The number of hydrogen-bond donors (Lipinski definition) is 2. The van der Waals surface area contributed by atoms with Gasteiger partial charge in [-0.15, -0.1) is 5.10 Å². The van der Waals surface area contributed by atoms with Crippen LogP contribution in [-0.4, -0.2) is 94.0 Å². The fraction of sp³-hybridized carbons (Fsp3) is 0.480. The predicted molar refractivity (Wildman–Crippen MR) is 137 cm³/mol. The molecule has 1 spiro atoms. The zero-order valence-corrected chi connectivity index (χ0v) is 22.7. The molecule has 3 saturated heterocycles. The maximum Gasteiger partial charge on any atom is 0.194 e. The largest absolute Gasteiger partial charge is 0.394 e. The van der Waals surface area contributed by atoms with Gasteiger partial charge in [0.25, 0.3) is 0 Å². The molecule has 5 unspecified atom stereocenters. The fourth-order valence-electron chi connectivity index (χ4n) is 5.32. The van der Waals surface area contributed by atoms with Crippen molar-refractivity contribution in [3.8, 4) is 11.3 Å². The Morgan fingerprint density at radius 1 is 1.20 bits per heavy atom. The molecule has 3 aromatic rings. The van der Waals surface area contributed by atoms with Gasteiger partial charge in [-0.2, -0.15) is 0 Å². The van der Waals surface area contributed by atoms with Crippen molar-refractivity contribution in [1.82, 2.24) is 20.0 Å². The number of thioether (sulfide) groups is 1. The molecule has 0 bridgehead atoms. The average molecular weight is 600 g/mol. The Labute approximate surface area is 236 Å². The summed E-state index contributed by atoms with van der Waals surface area (Å²) < 4.78 is 59.6. The summed E-state index contributed by atoms with van der Waals surface area (Å²) in [6, 6.07) is 2.46. The van der Waals surface area contributed by atoms with E-state index < -0.39 is 53.8 Å². The highest BCUT2D eigenvalue weighted by molar-refractivity contribution is 8.00. The summed E-state index contributed by atoms with van der Waals surface area (Å²) in [6.07, 6.45) is -0.195. The Morgan fingerprint density at radius 2 is 1.93 bits per heavy atom. The van der Waals surface area contributed by atoms with Gasteiger partial charge in [0.15, 0.2) is 17.5 Å². The van der Waals surface area contributed by atoms with Crippen LogP contribution in [0.4, 0.5) is 19.0 Å². The minimum Gasteiger partial charge on any atom is -0.394 e. The number of pyridine rings is 1. The van der Waals surface area contributed by atoms with Crippen molar-refractivity contribution in [2.75, 3.05) is 44.9 Å². The molecule has 3 fully saturated rings. The van der Waals surface area contributed by atoms with Crippen LogP contribution in [0.5, 0.6) is 0 Å². The van der Waals surface area contributed by atoms with E-state index in [1.165, 1.54) is 29.8 Å². The molecule has 15 heteroatoms. The lowest BCUT2D eigenvalue weighted by atomic mass is 9.78. The first-order valence-corrected chi connectivity index (χ1v) is 13.7. The Hall–Kier alpha value is -2.46. The second-order valence-electron chi connectivity index (χ2n) is 10.2. The van der Waals surface area contributed by atoms with Gasteiger partial charge >= 0.3 is 0 Å². The van der Waals surface area contributed by atoms with E-state index in [1.807, 2.05) is 0 Å².